The molecular formula is C12H19N5OS. The van der Waals surface area contributed by atoms with E-state index >= 15 is 0 Å². The average Bonchev–Trinajstić information content (AvgIpc) is 3.33. The molecular weight excluding hydrogens is 262 g/mol. The summed E-state index contributed by atoms with van der Waals surface area (Å²) in [5.74, 6) is 3.06. The third-order valence-electron chi connectivity index (χ3n) is 3.48. The summed E-state index contributed by atoms with van der Waals surface area (Å²) in [6.45, 7) is 0. The van der Waals surface area contributed by atoms with Crippen LogP contribution in [0.15, 0.2) is 10.3 Å². The van der Waals surface area contributed by atoms with E-state index in [1.807, 2.05) is 0 Å². The van der Waals surface area contributed by atoms with Crippen LogP contribution in [-0.2, 0) is 0 Å². The lowest BCUT2D eigenvalue weighted by molar-refractivity contribution is 0.317. The number of aromatic nitrogens is 3. The van der Waals surface area contributed by atoms with Gasteiger partial charge >= 0.3 is 0 Å². The van der Waals surface area contributed by atoms with Crippen LogP contribution in [0.5, 0.6) is 0 Å². The second kappa shape index (κ2) is 5.40. The van der Waals surface area contributed by atoms with Crippen molar-refractivity contribution >= 4 is 17.6 Å². The molecule has 0 aliphatic heterocycles. The number of nitrogens with two attached hydrogens (primary N) is 1. The minimum Gasteiger partial charge on any atom is -0.409 e. The lowest BCUT2D eigenvalue weighted by atomic mass is 10.3. The molecule has 1 aromatic heterocycles. The molecule has 6 nitrogen and oxygen atoms in total. The number of hydrogen-bond acceptors (Lipinski definition) is 5. The van der Waals surface area contributed by atoms with Crippen LogP contribution in [0.3, 0.4) is 0 Å². The Bertz CT molecular complexity index is 478. The minimum absolute atomic E-state index is 0.294. The van der Waals surface area contributed by atoms with Crippen LogP contribution in [0.1, 0.15) is 56.3 Å². The highest BCUT2D eigenvalue weighted by Crippen LogP contribution is 2.45. The van der Waals surface area contributed by atoms with Gasteiger partial charge in [-0.2, -0.15) is 0 Å². The quantitative estimate of drug-likeness (QED) is 0.199. The lowest BCUT2D eigenvalue weighted by Gasteiger charge is -2.07. The van der Waals surface area contributed by atoms with Crippen molar-refractivity contribution in [2.45, 2.75) is 55.6 Å². The van der Waals surface area contributed by atoms with Gasteiger partial charge in [-0.25, -0.2) is 0 Å². The van der Waals surface area contributed by atoms with Crippen molar-refractivity contribution in [2.75, 3.05) is 5.75 Å². The Balaban J connectivity index is 1.58. The average molecular weight is 281 g/mol. The third-order valence-corrected chi connectivity index (χ3v) is 4.51. The maximum Gasteiger partial charge on any atom is 0.191 e. The van der Waals surface area contributed by atoms with Crippen molar-refractivity contribution in [2.24, 2.45) is 10.9 Å². The smallest absolute Gasteiger partial charge is 0.191 e. The number of rotatable bonds is 7. The molecule has 1 aromatic rings. The summed E-state index contributed by atoms with van der Waals surface area (Å²) in [5.41, 5.74) is 5.45. The van der Waals surface area contributed by atoms with Crippen molar-refractivity contribution < 1.29 is 5.21 Å². The van der Waals surface area contributed by atoms with Gasteiger partial charge < -0.3 is 15.5 Å². The number of nitrogens with zero attached hydrogens (tertiary/aromatic N) is 4. The fourth-order valence-electron chi connectivity index (χ4n) is 2.15. The van der Waals surface area contributed by atoms with Crippen LogP contribution in [0.25, 0.3) is 0 Å². The topological polar surface area (TPSA) is 89.3 Å². The van der Waals surface area contributed by atoms with Crippen molar-refractivity contribution in [3.63, 3.8) is 0 Å². The monoisotopic (exact) mass is 281 g/mol. The SMILES string of the molecule is N/C(CCCSc1nnc(C2CC2)n1C1CC1)=N\O. The fraction of sp³-hybridized carbons (Fsp3) is 0.750. The molecule has 2 aliphatic carbocycles. The normalized spacial score (nSPS) is 19.9. The van der Waals surface area contributed by atoms with Crippen LogP contribution < -0.4 is 5.73 Å². The lowest BCUT2D eigenvalue weighted by Crippen LogP contribution is -2.11. The van der Waals surface area contributed by atoms with Crippen LogP contribution >= 0.6 is 11.8 Å². The molecule has 19 heavy (non-hydrogen) atoms. The van der Waals surface area contributed by atoms with Crippen molar-refractivity contribution in [3.05, 3.63) is 5.82 Å². The number of thioether (sulfide) groups is 1. The second-order valence-electron chi connectivity index (χ2n) is 5.26. The molecule has 2 saturated carbocycles. The minimum atomic E-state index is 0.294. The maximum atomic E-state index is 8.48. The summed E-state index contributed by atoms with van der Waals surface area (Å²) >= 11 is 1.73. The second-order valence-corrected chi connectivity index (χ2v) is 6.32. The number of oxime groups is 1. The molecule has 0 atom stereocenters. The first-order valence-corrected chi connectivity index (χ1v) is 7.82. The number of amidine groups is 1. The van der Waals surface area contributed by atoms with Crippen LogP contribution in [-0.4, -0.2) is 31.6 Å². The Kier molecular flexibility index (Phi) is 3.63. The van der Waals surface area contributed by atoms with Gasteiger partial charge in [-0.1, -0.05) is 16.9 Å². The van der Waals surface area contributed by atoms with Crippen molar-refractivity contribution in [1.29, 1.82) is 0 Å². The Labute approximate surface area is 116 Å². The molecule has 3 N–H and O–H groups in total. The first kappa shape index (κ1) is 12.8. The van der Waals surface area contributed by atoms with Crippen molar-refractivity contribution in [1.82, 2.24) is 14.8 Å². The van der Waals surface area contributed by atoms with E-state index in [1.54, 1.807) is 11.8 Å². The molecule has 7 heteroatoms. The van der Waals surface area contributed by atoms with Gasteiger partial charge in [-0.05, 0) is 32.1 Å². The Morgan fingerprint density at radius 2 is 2.16 bits per heavy atom. The summed E-state index contributed by atoms with van der Waals surface area (Å²) in [6.07, 6.45) is 6.55. The summed E-state index contributed by atoms with van der Waals surface area (Å²) < 4.78 is 2.35. The molecule has 2 fully saturated rings. The van der Waals surface area contributed by atoms with Crippen LogP contribution in [0.2, 0.25) is 0 Å². The third kappa shape index (κ3) is 3.02. The molecule has 0 aromatic carbocycles. The van der Waals surface area contributed by atoms with E-state index < -0.39 is 0 Å². The Hall–Kier alpha value is -1.24. The molecule has 0 saturated heterocycles. The van der Waals surface area contributed by atoms with Gasteiger partial charge in [0.25, 0.3) is 0 Å². The van der Waals surface area contributed by atoms with E-state index in [2.05, 4.69) is 19.9 Å². The fourth-order valence-corrected chi connectivity index (χ4v) is 3.10. The van der Waals surface area contributed by atoms with E-state index in [9.17, 15) is 0 Å². The molecule has 1 heterocycles. The first-order valence-electron chi connectivity index (χ1n) is 6.83. The van der Waals surface area contributed by atoms with E-state index in [-0.39, 0.29) is 0 Å². The predicted molar refractivity (Wildman–Crippen MR) is 73.6 cm³/mol. The molecule has 0 amide bonds. The zero-order valence-electron chi connectivity index (χ0n) is 10.8. The maximum absolute atomic E-state index is 8.48. The van der Waals surface area contributed by atoms with E-state index in [1.165, 1.54) is 31.5 Å². The van der Waals surface area contributed by atoms with Gasteiger partial charge in [0.05, 0.1) is 0 Å². The zero-order valence-corrected chi connectivity index (χ0v) is 11.6. The van der Waals surface area contributed by atoms with Crippen LogP contribution in [0, 0.1) is 0 Å². The van der Waals surface area contributed by atoms with Gasteiger partial charge in [0, 0.05) is 24.1 Å². The summed E-state index contributed by atoms with van der Waals surface area (Å²) in [5, 5.41) is 21.2. The highest BCUT2D eigenvalue weighted by Gasteiger charge is 2.36. The highest BCUT2D eigenvalue weighted by atomic mass is 32.2. The standard InChI is InChI=1S/C12H19N5OS/c13-10(16-18)2-1-7-19-12-15-14-11(8-3-4-8)17(12)9-5-6-9/h8-9,18H,1-7H2,(H2,13,16). The van der Waals surface area contributed by atoms with Crippen LogP contribution in [0.4, 0.5) is 0 Å². The Morgan fingerprint density at radius 3 is 2.79 bits per heavy atom. The number of hydrogen-bond donors (Lipinski definition) is 2. The van der Waals surface area contributed by atoms with E-state index in [0.29, 0.717) is 24.2 Å². The molecule has 3 rings (SSSR count). The zero-order chi connectivity index (χ0) is 13.2. The summed E-state index contributed by atoms with van der Waals surface area (Å²) in [7, 11) is 0. The van der Waals surface area contributed by atoms with Crippen molar-refractivity contribution in [3.8, 4) is 0 Å². The van der Waals surface area contributed by atoms with E-state index in [0.717, 1.165) is 17.3 Å². The predicted octanol–water partition coefficient (Wildman–Crippen LogP) is 2.11. The van der Waals surface area contributed by atoms with E-state index in [4.69, 9.17) is 10.9 Å². The summed E-state index contributed by atoms with van der Waals surface area (Å²) in [4.78, 5) is 0. The molecule has 0 spiro atoms. The largest absolute Gasteiger partial charge is 0.409 e. The highest BCUT2D eigenvalue weighted by molar-refractivity contribution is 7.99. The molecule has 0 bridgehead atoms. The van der Waals surface area contributed by atoms with Gasteiger partial charge in [0.1, 0.15) is 11.7 Å². The molecule has 2 aliphatic rings. The van der Waals surface area contributed by atoms with Gasteiger partial charge in [-0.3, -0.25) is 0 Å². The molecule has 0 unspecified atom stereocenters. The van der Waals surface area contributed by atoms with Gasteiger partial charge in [0.15, 0.2) is 5.16 Å². The Morgan fingerprint density at radius 1 is 1.37 bits per heavy atom. The van der Waals surface area contributed by atoms with Gasteiger partial charge in [-0.15, -0.1) is 10.2 Å². The molecule has 104 valence electrons. The summed E-state index contributed by atoms with van der Waals surface area (Å²) in [6, 6.07) is 0.636. The first-order chi connectivity index (χ1) is 9.29. The molecule has 0 radical (unpaired) electrons. The van der Waals surface area contributed by atoms with Gasteiger partial charge in [0.2, 0.25) is 0 Å².